The molecule has 1 aliphatic heterocycles. The first-order valence-corrected chi connectivity index (χ1v) is 11.2. The molecule has 33 heavy (non-hydrogen) atoms. The van der Waals surface area contributed by atoms with E-state index in [1.807, 2.05) is 30.3 Å². The fourth-order valence-corrected chi connectivity index (χ4v) is 4.93. The van der Waals surface area contributed by atoms with Crippen molar-refractivity contribution in [1.82, 2.24) is 0 Å². The van der Waals surface area contributed by atoms with Crippen LogP contribution < -0.4 is 20.1 Å². The van der Waals surface area contributed by atoms with Gasteiger partial charge in [-0.3, -0.25) is 4.79 Å². The highest BCUT2D eigenvalue weighted by molar-refractivity contribution is 6.01. The molecule has 0 spiro atoms. The largest absolute Gasteiger partial charge is 0.493 e. The molecule has 5 rings (SSSR count). The second kappa shape index (κ2) is 8.66. The Morgan fingerprint density at radius 3 is 2.36 bits per heavy atom. The van der Waals surface area contributed by atoms with Gasteiger partial charge in [0, 0.05) is 17.7 Å². The summed E-state index contributed by atoms with van der Waals surface area (Å²) in [6.07, 6.45) is 1.20. The molecule has 0 unspecified atom stereocenters. The van der Waals surface area contributed by atoms with Crippen LogP contribution >= 0.6 is 0 Å². The van der Waals surface area contributed by atoms with Crippen LogP contribution in [0.2, 0.25) is 0 Å². The number of Topliss-reactive ketones (excluding diaryl/α,β-unsaturated/α-hetero) is 1. The Morgan fingerprint density at radius 1 is 0.818 bits per heavy atom. The van der Waals surface area contributed by atoms with E-state index in [0.29, 0.717) is 17.9 Å². The topological polar surface area (TPSA) is 59.6 Å². The summed E-state index contributed by atoms with van der Waals surface area (Å²) in [5, 5.41) is 7.24. The van der Waals surface area contributed by atoms with Gasteiger partial charge in [-0.25, -0.2) is 0 Å². The Labute approximate surface area is 194 Å². The van der Waals surface area contributed by atoms with Gasteiger partial charge in [0.2, 0.25) is 0 Å². The van der Waals surface area contributed by atoms with Gasteiger partial charge >= 0.3 is 0 Å². The van der Waals surface area contributed by atoms with Crippen LogP contribution in [0.5, 0.6) is 11.5 Å². The third-order valence-corrected chi connectivity index (χ3v) is 6.56. The van der Waals surface area contributed by atoms with Crippen LogP contribution in [-0.4, -0.2) is 20.0 Å². The second-order valence-corrected chi connectivity index (χ2v) is 8.70. The first-order valence-electron chi connectivity index (χ1n) is 11.2. The van der Waals surface area contributed by atoms with Crippen LogP contribution in [0.25, 0.3) is 0 Å². The Bertz CT molecular complexity index is 1250. The second-order valence-electron chi connectivity index (χ2n) is 8.70. The number of fused-ring (bicyclic) bond motifs is 1. The van der Waals surface area contributed by atoms with Gasteiger partial charge in [-0.05, 0) is 54.7 Å². The van der Waals surface area contributed by atoms with E-state index in [1.165, 1.54) is 5.56 Å². The molecule has 0 amide bonds. The molecular weight excluding hydrogens is 412 g/mol. The molecule has 168 valence electrons. The predicted molar refractivity (Wildman–Crippen MR) is 131 cm³/mol. The lowest BCUT2D eigenvalue weighted by Crippen LogP contribution is -2.27. The van der Waals surface area contributed by atoms with E-state index in [4.69, 9.17) is 9.47 Å². The summed E-state index contributed by atoms with van der Waals surface area (Å²) < 4.78 is 10.9. The van der Waals surface area contributed by atoms with Crippen molar-refractivity contribution in [3.8, 4) is 11.5 Å². The van der Waals surface area contributed by atoms with E-state index in [9.17, 15) is 4.79 Å². The first-order chi connectivity index (χ1) is 16.1. The molecule has 1 heterocycles. The van der Waals surface area contributed by atoms with Crippen molar-refractivity contribution < 1.29 is 14.3 Å². The van der Waals surface area contributed by atoms with Gasteiger partial charge in [-0.1, -0.05) is 48.0 Å². The summed E-state index contributed by atoms with van der Waals surface area (Å²) in [5.41, 5.74) is 7.14. The zero-order valence-electron chi connectivity index (χ0n) is 19.1. The van der Waals surface area contributed by atoms with Crippen LogP contribution in [0.4, 0.5) is 11.4 Å². The van der Waals surface area contributed by atoms with Gasteiger partial charge in [0.1, 0.15) is 0 Å². The lowest BCUT2D eigenvalue weighted by atomic mass is 9.78. The van der Waals surface area contributed by atoms with E-state index in [0.717, 1.165) is 40.2 Å². The summed E-state index contributed by atoms with van der Waals surface area (Å²) in [6, 6.07) is 22.3. The Hall–Kier alpha value is -3.73. The van der Waals surface area contributed by atoms with Gasteiger partial charge in [-0.15, -0.1) is 0 Å². The minimum atomic E-state index is -0.199. The molecule has 1 aliphatic carbocycles. The van der Waals surface area contributed by atoms with Crippen LogP contribution in [0.1, 0.15) is 41.5 Å². The molecule has 5 heteroatoms. The first kappa shape index (κ1) is 21.1. The van der Waals surface area contributed by atoms with Crippen molar-refractivity contribution in [3.05, 3.63) is 94.7 Å². The third kappa shape index (κ3) is 3.95. The Kier molecular flexibility index (Phi) is 5.55. The molecule has 0 saturated carbocycles. The molecular formula is C28H28N2O3. The maximum atomic E-state index is 13.7. The average molecular weight is 441 g/mol. The SMILES string of the molecule is COc1ccc([C@@H]2CC(=O)C3=C(C2)Nc2ccccc2N[C@@H]3c2cccc(C)c2)cc1OC. The van der Waals surface area contributed by atoms with Crippen LogP contribution in [0.15, 0.2) is 78.0 Å². The molecule has 0 fully saturated rings. The number of benzene rings is 3. The van der Waals surface area contributed by atoms with E-state index in [2.05, 4.69) is 54.0 Å². The number of nitrogens with one attached hydrogen (secondary N) is 2. The summed E-state index contributed by atoms with van der Waals surface area (Å²) in [5.74, 6) is 1.59. The molecule has 2 N–H and O–H groups in total. The molecule has 2 atom stereocenters. The number of carbonyl (C=O) groups is 1. The molecule has 3 aromatic rings. The van der Waals surface area contributed by atoms with Crippen molar-refractivity contribution in [2.75, 3.05) is 24.9 Å². The lowest BCUT2D eigenvalue weighted by Gasteiger charge is -2.30. The minimum Gasteiger partial charge on any atom is -0.493 e. The number of methoxy groups -OCH3 is 2. The number of hydrogen-bond acceptors (Lipinski definition) is 5. The summed E-state index contributed by atoms with van der Waals surface area (Å²) in [7, 11) is 3.26. The van der Waals surface area contributed by atoms with Gasteiger partial charge < -0.3 is 20.1 Å². The van der Waals surface area contributed by atoms with Crippen LogP contribution in [-0.2, 0) is 4.79 Å². The molecule has 5 nitrogen and oxygen atoms in total. The van der Waals surface area contributed by atoms with Crippen molar-refractivity contribution in [2.45, 2.75) is 31.7 Å². The molecule has 3 aromatic carbocycles. The fourth-order valence-electron chi connectivity index (χ4n) is 4.93. The number of para-hydroxylation sites is 2. The van der Waals surface area contributed by atoms with Gasteiger partial charge in [0.05, 0.1) is 31.6 Å². The summed E-state index contributed by atoms with van der Waals surface area (Å²) in [6.45, 7) is 2.08. The van der Waals surface area contributed by atoms with Gasteiger partial charge in [0.15, 0.2) is 17.3 Å². The Balaban J connectivity index is 1.58. The van der Waals surface area contributed by atoms with Crippen molar-refractivity contribution in [3.63, 3.8) is 0 Å². The maximum Gasteiger partial charge on any atom is 0.163 e. The fraction of sp³-hybridized carbons (Fsp3) is 0.250. The van der Waals surface area contributed by atoms with E-state index >= 15 is 0 Å². The van der Waals surface area contributed by atoms with E-state index in [-0.39, 0.29) is 17.7 Å². The number of ether oxygens (including phenoxy) is 2. The van der Waals surface area contributed by atoms with Crippen molar-refractivity contribution in [2.24, 2.45) is 0 Å². The zero-order chi connectivity index (χ0) is 22.9. The number of carbonyl (C=O) groups excluding carboxylic acids is 1. The highest BCUT2D eigenvalue weighted by atomic mass is 16.5. The normalized spacial score (nSPS) is 19.5. The summed E-state index contributed by atoms with van der Waals surface area (Å²) >= 11 is 0. The molecule has 0 radical (unpaired) electrons. The van der Waals surface area contributed by atoms with Crippen molar-refractivity contribution >= 4 is 17.2 Å². The molecule has 0 aromatic heterocycles. The van der Waals surface area contributed by atoms with Gasteiger partial charge in [-0.2, -0.15) is 0 Å². The maximum absolute atomic E-state index is 13.7. The molecule has 0 bridgehead atoms. The van der Waals surface area contributed by atoms with E-state index < -0.39 is 0 Å². The number of allylic oxidation sites excluding steroid dienone is 1. The minimum absolute atomic E-state index is 0.0620. The monoisotopic (exact) mass is 440 g/mol. The number of ketones is 1. The zero-order valence-corrected chi connectivity index (χ0v) is 19.1. The number of anilines is 2. The number of rotatable bonds is 4. The highest BCUT2D eigenvalue weighted by Gasteiger charge is 2.36. The number of hydrogen-bond donors (Lipinski definition) is 2. The van der Waals surface area contributed by atoms with Crippen LogP contribution in [0.3, 0.4) is 0 Å². The lowest BCUT2D eigenvalue weighted by molar-refractivity contribution is -0.116. The standard InChI is InChI=1S/C28H28N2O3/c1-17-7-6-8-19(13-17)28-27-23(29-21-9-4-5-10-22(21)30-28)14-20(15-24(27)31)18-11-12-25(32-2)26(16-18)33-3/h4-13,16,20,28-30H,14-15H2,1-3H3/t20-,28+/m0/s1. The highest BCUT2D eigenvalue weighted by Crippen LogP contribution is 2.45. The Morgan fingerprint density at radius 2 is 1.61 bits per heavy atom. The quantitative estimate of drug-likeness (QED) is 0.522. The van der Waals surface area contributed by atoms with Crippen molar-refractivity contribution in [1.29, 1.82) is 0 Å². The molecule has 2 aliphatic rings. The van der Waals surface area contributed by atoms with Gasteiger partial charge in [0.25, 0.3) is 0 Å². The smallest absolute Gasteiger partial charge is 0.163 e. The predicted octanol–water partition coefficient (Wildman–Crippen LogP) is 5.99. The van der Waals surface area contributed by atoms with Crippen LogP contribution in [0, 0.1) is 6.92 Å². The van der Waals surface area contributed by atoms with E-state index in [1.54, 1.807) is 14.2 Å². The molecule has 0 saturated heterocycles. The number of aryl methyl sites for hydroxylation is 1. The third-order valence-electron chi connectivity index (χ3n) is 6.56. The average Bonchev–Trinajstić information content (AvgIpc) is 3.00. The summed E-state index contributed by atoms with van der Waals surface area (Å²) in [4.78, 5) is 13.7.